The van der Waals surface area contributed by atoms with E-state index in [-0.39, 0.29) is 23.7 Å². The van der Waals surface area contributed by atoms with Gasteiger partial charge in [-0.3, -0.25) is 0 Å². The molecule has 0 saturated carbocycles. The van der Waals surface area contributed by atoms with Crippen molar-refractivity contribution in [1.29, 1.82) is 0 Å². The molecule has 6 unspecified atom stereocenters. The van der Waals surface area contributed by atoms with Gasteiger partial charge in [0.15, 0.2) is 0 Å². The van der Waals surface area contributed by atoms with E-state index in [2.05, 4.69) is 261 Å². The second kappa shape index (κ2) is 25.6. The van der Waals surface area contributed by atoms with Crippen LogP contribution in [0.4, 0.5) is 0 Å². The molecule has 0 spiro atoms. The monoisotopic (exact) mass is 959 g/mol. The van der Waals surface area contributed by atoms with Crippen LogP contribution in [-0.2, 0) is 51.4 Å². The first-order valence-corrected chi connectivity index (χ1v) is 27.1. The fourth-order valence-corrected chi connectivity index (χ4v) is 11.4. The third kappa shape index (κ3) is 13.4. The smallest absolute Gasteiger partial charge is 0.131 e. The average molecular weight is 959 g/mol. The molecule has 0 heterocycles. The topological polar surface area (TPSA) is 9.23 Å². The molecule has 0 saturated heterocycles. The number of hydrogen-bond donors (Lipinski definition) is 0. The number of rotatable bonds is 24. The van der Waals surface area contributed by atoms with Gasteiger partial charge in [0.05, 0.1) is 0 Å². The van der Waals surface area contributed by atoms with Gasteiger partial charge in [0.2, 0.25) is 0 Å². The molecule has 0 fully saturated rings. The highest BCUT2D eigenvalue weighted by molar-refractivity contribution is 5.58. The van der Waals surface area contributed by atoms with Gasteiger partial charge in [0.25, 0.3) is 0 Å². The standard InChI is InChI=1S/C72H78O/c1-9-29-63-49-71(69(47-55(7)61-39-25-15-26-40-61)67(45-53(5)59-35-21-13-22-36-59)65(63)43-51(3)57-31-17-11-18-32-57)73-72-50-64(30-10-2)66(44-52(4)58-33-19-12-20-34-58)68(46-54(6)60-37-23-14-24-38-60)70(72)48-56(8)62-41-27-16-28-42-62/h9-28,31-42,49-56H,1-2,29-30,43-48H2,3-8H3. The van der Waals surface area contributed by atoms with Gasteiger partial charge in [-0.1, -0.05) is 236 Å². The van der Waals surface area contributed by atoms with Crippen molar-refractivity contribution in [3.05, 3.63) is 297 Å². The van der Waals surface area contributed by atoms with Crippen LogP contribution in [0.3, 0.4) is 0 Å². The number of ether oxygens (including phenoxy) is 1. The van der Waals surface area contributed by atoms with E-state index in [0.717, 1.165) is 62.9 Å². The van der Waals surface area contributed by atoms with Crippen LogP contribution >= 0.6 is 0 Å². The van der Waals surface area contributed by atoms with E-state index < -0.39 is 0 Å². The van der Waals surface area contributed by atoms with Crippen LogP contribution in [0.2, 0.25) is 0 Å². The largest absolute Gasteiger partial charge is 0.457 e. The van der Waals surface area contributed by atoms with Crippen molar-refractivity contribution in [2.75, 3.05) is 0 Å². The summed E-state index contributed by atoms with van der Waals surface area (Å²) in [5.74, 6) is 3.62. The van der Waals surface area contributed by atoms with Crippen molar-refractivity contribution in [2.24, 2.45) is 0 Å². The lowest BCUT2D eigenvalue weighted by atomic mass is 9.78. The maximum atomic E-state index is 7.96. The summed E-state index contributed by atoms with van der Waals surface area (Å²) in [5.41, 5.74) is 19.1. The molecule has 8 aromatic carbocycles. The highest BCUT2D eigenvalue weighted by Crippen LogP contribution is 2.45. The van der Waals surface area contributed by atoms with E-state index in [1.165, 1.54) is 77.9 Å². The second-order valence-corrected chi connectivity index (χ2v) is 21.1. The fourth-order valence-electron chi connectivity index (χ4n) is 11.4. The van der Waals surface area contributed by atoms with Crippen molar-refractivity contribution < 1.29 is 4.74 Å². The van der Waals surface area contributed by atoms with Crippen LogP contribution in [0.1, 0.15) is 155 Å². The zero-order chi connectivity index (χ0) is 51.1. The van der Waals surface area contributed by atoms with Crippen LogP contribution in [0.25, 0.3) is 0 Å². The van der Waals surface area contributed by atoms with E-state index in [9.17, 15) is 0 Å². The highest BCUT2D eigenvalue weighted by Gasteiger charge is 2.29. The van der Waals surface area contributed by atoms with E-state index in [1.54, 1.807) is 0 Å². The van der Waals surface area contributed by atoms with Crippen LogP contribution in [0.15, 0.2) is 219 Å². The molecule has 0 aliphatic carbocycles. The zero-order valence-electron chi connectivity index (χ0n) is 44.6. The first-order valence-electron chi connectivity index (χ1n) is 27.1. The van der Waals surface area contributed by atoms with Gasteiger partial charge in [-0.15, -0.1) is 13.2 Å². The minimum atomic E-state index is 0.247. The average Bonchev–Trinajstić information content (AvgIpc) is 3.43. The van der Waals surface area contributed by atoms with Crippen LogP contribution in [-0.4, -0.2) is 0 Å². The van der Waals surface area contributed by atoms with E-state index in [0.29, 0.717) is 11.8 Å². The minimum Gasteiger partial charge on any atom is -0.457 e. The Kier molecular flexibility index (Phi) is 18.4. The Balaban J connectivity index is 1.40. The summed E-state index contributed by atoms with van der Waals surface area (Å²) in [6, 6.07) is 71.3. The molecule has 1 nitrogen and oxygen atoms in total. The SMILES string of the molecule is C=CCc1cc(Oc2cc(CC=C)c(CC(C)c3ccccc3)c(CC(C)c3ccccc3)c2CC(C)c2ccccc2)c(CC(C)c2ccccc2)c(CC(C)c2ccccc2)c1CC(C)c1ccccc1. The highest BCUT2D eigenvalue weighted by atomic mass is 16.5. The van der Waals surface area contributed by atoms with Crippen LogP contribution < -0.4 is 4.74 Å². The van der Waals surface area contributed by atoms with Gasteiger partial charge in [0, 0.05) is 0 Å². The summed E-state index contributed by atoms with van der Waals surface area (Å²) in [5, 5.41) is 0. The number of allylic oxidation sites excluding steroid dienone is 2. The Bertz CT molecular complexity index is 2770. The first kappa shape index (κ1) is 52.4. The van der Waals surface area contributed by atoms with Gasteiger partial charge < -0.3 is 4.74 Å². The Hall–Kier alpha value is -6.96. The summed E-state index contributed by atoms with van der Waals surface area (Å²) in [4.78, 5) is 0. The predicted molar refractivity (Wildman–Crippen MR) is 312 cm³/mol. The maximum absolute atomic E-state index is 7.96. The van der Waals surface area contributed by atoms with Crippen molar-refractivity contribution in [2.45, 2.75) is 128 Å². The molecule has 372 valence electrons. The molecule has 0 amide bonds. The van der Waals surface area contributed by atoms with Gasteiger partial charge in [-0.2, -0.15) is 0 Å². The van der Waals surface area contributed by atoms with Crippen molar-refractivity contribution in [3.8, 4) is 11.5 Å². The molecule has 0 N–H and O–H groups in total. The van der Waals surface area contributed by atoms with Crippen molar-refractivity contribution in [3.63, 3.8) is 0 Å². The quantitative estimate of drug-likeness (QED) is 0.0549. The maximum Gasteiger partial charge on any atom is 0.131 e. The van der Waals surface area contributed by atoms with Gasteiger partial charge >= 0.3 is 0 Å². The number of benzene rings is 8. The normalized spacial score (nSPS) is 13.8. The van der Waals surface area contributed by atoms with E-state index in [1.807, 2.05) is 0 Å². The first-order chi connectivity index (χ1) is 35.6. The lowest BCUT2D eigenvalue weighted by Crippen LogP contribution is -2.16. The van der Waals surface area contributed by atoms with Crippen LogP contribution in [0.5, 0.6) is 11.5 Å². The number of hydrogen-bond acceptors (Lipinski definition) is 1. The van der Waals surface area contributed by atoms with Crippen LogP contribution in [0, 0.1) is 0 Å². The predicted octanol–water partition coefficient (Wildman–Crippen LogP) is 19.0. The molecule has 0 bridgehead atoms. The summed E-state index contributed by atoms with van der Waals surface area (Å²) < 4.78 is 7.96. The molecule has 73 heavy (non-hydrogen) atoms. The Morgan fingerprint density at radius 1 is 0.301 bits per heavy atom. The molecule has 1 heteroatoms. The molecule has 8 rings (SSSR count). The van der Waals surface area contributed by atoms with E-state index >= 15 is 0 Å². The summed E-state index contributed by atoms with van der Waals surface area (Å²) in [7, 11) is 0. The van der Waals surface area contributed by atoms with Crippen molar-refractivity contribution in [1.82, 2.24) is 0 Å². The van der Waals surface area contributed by atoms with Gasteiger partial charge in [-0.05, 0) is 177 Å². The molecule has 6 atom stereocenters. The summed E-state index contributed by atoms with van der Waals surface area (Å²) in [6.07, 6.45) is 11.0. The minimum absolute atomic E-state index is 0.247. The molecule has 0 aromatic heterocycles. The lowest BCUT2D eigenvalue weighted by molar-refractivity contribution is 0.460. The second-order valence-electron chi connectivity index (χ2n) is 21.1. The summed E-state index contributed by atoms with van der Waals surface area (Å²) in [6.45, 7) is 23.1. The Morgan fingerprint density at radius 3 is 0.726 bits per heavy atom. The van der Waals surface area contributed by atoms with Crippen molar-refractivity contribution >= 4 is 0 Å². The molecule has 0 aliphatic heterocycles. The third-order valence-corrected chi connectivity index (χ3v) is 15.7. The summed E-state index contributed by atoms with van der Waals surface area (Å²) >= 11 is 0. The molecule has 0 aliphatic rings. The Morgan fingerprint density at radius 2 is 0.507 bits per heavy atom. The lowest BCUT2D eigenvalue weighted by Gasteiger charge is -2.30. The molecule has 8 aromatic rings. The van der Waals surface area contributed by atoms with Gasteiger partial charge in [0.1, 0.15) is 11.5 Å². The Labute approximate surface area is 439 Å². The van der Waals surface area contributed by atoms with E-state index in [4.69, 9.17) is 4.74 Å². The molecule has 0 radical (unpaired) electrons. The third-order valence-electron chi connectivity index (χ3n) is 15.7. The zero-order valence-corrected chi connectivity index (χ0v) is 44.6. The molecular formula is C72H78O. The fraction of sp³-hybridized carbons (Fsp3) is 0.278. The molecular weight excluding hydrogens is 881 g/mol. The van der Waals surface area contributed by atoms with Gasteiger partial charge in [-0.25, -0.2) is 0 Å².